The van der Waals surface area contributed by atoms with E-state index in [9.17, 15) is 9.59 Å². The van der Waals surface area contributed by atoms with Crippen LogP contribution in [-0.4, -0.2) is 47.6 Å². The lowest BCUT2D eigenvalue weighted by molar-refractivity contribution is 0.0531. The van der Waals surface area contributed by atoms with E-state index in [2.05, 4.69) is 15.2 Å². The minimum absolute atomic E-state index is 0.0114. The Morgan fingerprint density at radius 1 is 1.27 bits per heavy atom. The minimum Gasteiger partial charge on any atom is -0.462 e. The number of amides is 1. The molecule has 7 nitrogen and oxygen atoms in total. The van der Waals surface area contributed by atoms with Crippen LogP contribution < -0.4 is 10.2 Å². The number of aryl methyl sites for hydroxylation is 2. The molecule has 1 aliphatic rings. The number of rotatable bonds is 5. The monoisotopic (exact) mass is 444 g/mol. The van der Waals surface area contributed by atoms with Crippen molar-refractivity contribution in [3.8, 4) is 0 Å². The Bertz CT molecular complexity index is 1070. The summed E-state index contributed by atoms with van der Waals surface area (Å²) in [5, 5.41) is 7.84. The molecule has 0 aliphatic carbocycles. The molecule has 0 aromatic carbocycles. The quantitative estimate of drug-likeness (QED) is 0.600. The van der Waals surface area contributed by atoms with Crippen LogP contribution in [0.5, 0.6) is 0 Å². The molecule has 1 N–H and O–H groups in total. The van der Waals surface area contributed by atoms with Gasteiger partial charge in [-0.25, -0.2) is 14.8 Å². The van der Waals surface area contributed by atoms with Crippen LogP contribution in [0.1, 0.15) is 51.2 Å². The highest BCUT2D eigenvalue weighted by atomic mass is 32.1. The average molecular weight is 445 g/mol. The van der Waals surface area contributed by atoms with E-state index in [0.29, 0.717) is 17.3 Å². The molecule has 0 unspecified atom stereocenters. The third-order valence-electron chi connectivity index (χ3n) is 5.26. The largest absolute Gasteiger partial charge is 0.462 e. The Kier molecular flexibility index (Phi) is 6.01. The van der Waals surface area contributed by atoms with Crippen molar-refractivity contribution in [2.75, 3.05) is 24.6 Å². The van der Waals surface area contributed by atoms with Crippen molar-refractivity contribution in [1.29, 1.82) is 0 Å². The second-order valence-electron chi connectivity index (χ2n) is 7.30. The van der Waals surface area contributed by atoms with Gasteiger partial charge in [0.15, 0.2) is 0 Å². The van der Waals surface area contributed by atoms with Gasteiger partial charge < -0.3 is 15.0 Å². The number of hydrogen-bond acceptors (Lipinski definition) is 8. The average Bonchev–Trinajstić information content (AvgIpc) is 3.37. The van der Waals surface area contributed by atoms with E-state index in [0.717, 1.165) is 53.1 Å². The number of carbonyl (C=O) groups excluding carboxylic acids is 2. The molecule has 0 radical (unpaired) electrons. The van der Waals surface area contributed by atoms with Crippen LogP contribution in [0.25, 0.3) is 10.2 Å². The Hall–Kier alpha value is -2.52. The van der Waals surface area contributed by atoms with Gasteiger partial charge in [-0.15, -0.1) is 11.3 Å². The molecule has 4 rings (SSSR count). The number of piperidine rings is 1. The fourth-order valence-electron chi connectivity index (χ4n) is 3.74. The molecule has 1 saturated heterocycles. The van der Waals surface area contributed by atoms with Crippen LogP contribution in [-0.2, 0) is 4.74 Å². The molecule has 158 valence electrons. The lowest BCUT2D eigenvalue weighted by Crippen LogP contribution is -2.45. The molecular formula is C21H24N4O3S2. The fourth-order valence-corrected chi connectivity index (χ4v) is 5.49. The summed E-state index contributed by atoms with van der Waals surface area (Å²) >= 11 is 2.89. The maximum atomic E-state index is 12.3. The van der Waals surface area contributed by atoms with Crippen LogP contribution in [0.3, 0.4) is 0 Å². The van der Waals surface area contributed by atoms with Crippen molar-refractivity contribution in [2.45, 2.75) is 39.7 Å². The molecule has 0 atom stereocenters. The Morgan fingerprint density at radius 3 is 2.70 bits per heavy atom. The Morgan fingerprint density at radius 2 is 2.03 bits per heavy atom. The van der Waals surface area contributed by atoms with E-state index < -0.39 is 0 Å². The summed E-state index contributed by atoms with van der Waals surface area (Å²) in [4.78, 5) is 37.6. The summed E-state index contributed by atoms with van der Waals surface area (Å²) in [7, 11) is 0. The van der Waals surface area contributed by atoms with Gasteiger partial charge in [0.05, 0.1) is 12.0 Å². The van der Waals surface area contributed by atoms with Gasteiger partial charge in [0, 0.05) is 30.1 Å². The lowest BCUT2D eigenvalue weighted by atomic mass is 10.0. The number of hydrogen-bond donors (Lipinski definition) is 1. The molecule has 4 heterocycles. The lowest BCUT2D eigenvalue weighted by Gasteiger charge is -2.33. The van der Waals surface area contributed by atoms with E-state index in [4.69, 9.17) is 9.72 Å². The third-order valence-corrected chi connectivity index (χ3v) is 7.11. The first kappa shape index (κ1) is 20.7. The number of esters is 1. The second-order valence-corrected chi connectivity index (χ2v) is 9.08. The second kappa shape index (κ2) is 8.69. The first-order valence-corrected chi connectivity index (χ1v) is 11.8. The fraction of sp³-hybridized carbons (Fsp3) is 0.429. The summed E-state index contributed by atoms with van der Waals surface area (Å²) in [5.41, 5.74) is 1.59. The highest BCUT2D eigenvalue weighted by Crippen LogP contribution is 2.36. The number of thiophene rings is 2. The zero-order valence-electron chi connectivity index (χ0n) is 17.2. The van der Waals surface area contributed by atoms with E-state index in [1.165, 1.54) is 22.7 Å². The molecule has 0 spiro atoms. The van der Waals surface area contributed by atoms with E-state index in [1.807, 2.05) is 30.7 Å². The van der Waals surface area contributed by atoms with Crippen molar-refractivity contribution < 1.29 is 14.3 Å². The van der Waals surface area contributed by atoms with Gasteiger partial charge in [0.25, 0.3) is 5.91 Å². The number of nitrogens with zero attached hydrogens (tertiary/aromatic N) is 3. The molecule has 1 fully saturated rings. The van der Waals surface area contributed by atoms with Gasteiger partial charge in [0.2, 0.25) is 0 Å². The van der Waals surface area contributed by atoms with Crippen LogP contribution in [0.2, 0.25) is 0 Å². The van der Waals surface area contributed by atoms with Crippen molar-refractivity contribution in [3.05, 3.63) is 38.7 Å². The first-order valence-electron chi connectivity index (χ1n) is 10.0. The summed E-state index contributed by atoms with van der Waals surface area (Å²) in [6, 6.07) is 1.99. The van der Waals surface area contributed by atoms with Gasteiger partial charge >= 0.3 is 5.97 Å². The van der Waals surface area contributed by atoms with Crippen molar-refractivity contribution in [2.24, 2.45) is 0 Å². The van der Waals surface area contributed by atoms with Crippen molar-refractivity contribution in [1.82, 2.24) is 15.3 Å². The van der Waals surface area contributed by atoms with Crippen LogP contribution >= 0.6 is 22.7 Å². The summed E-state index contributed by atoms with van der Waals surface area (Å²) in [6.07, 6.45) is 1.68. The van der Waals surface area contributed by atoms with Crippen LogP contribution in [0.15, 0.2) is 16.8 Å². The zero-order chi connectivity index (χ0) is 21.3. The summed E-state index contributed by atoms with van der Waals surface area (Å²) < 4.78 is 5.21. The predicted molar refractivity (Wildman–Crippen MR) is 120 cm³/mol. The number of carbonyl (C=O) groups is 2. The van der Waals surface area contributed by atoms with E-state index >= 15 is 0 Å². The summed E-state index contributed by atoms with van der Waals surface area (Å²) in [5.74, 6) is 1.23. The molecular weight excluding hydrogens is 420 g/mol. The molecule has 0 bridgehead atoms. The Balaban J connectivity index is 1.54. The van der Waals surface area contributed by atoms with E-state index in [-0.39, 0.29) is 17.9 Å². The normalized spacial score (nSPS) is 14.8. The van der Waals surface area contributed by atoms with Crippen molar-refractivity contribution >= 4 is 50.6 Å². The Labute approximate surface area is 183 Å². The number of nitrogens with one attached hydrogen (secondary N) is 1. The molecule has 0 saturated carbocycles. The van der Waals surface area contributed by atoms with Gasteiger partial charge in [0.1, 0.15) is 21.3 Å². The molecule has 9 heteroatoms. The minimum atomic E-state index is -0.309. The SMILES string of the molecule is CCOC(=O)c1sc2nc(C)nc(N3CCC(NC(=O)c4ccsc4)CC3)c2c1C. The number of anilines is 1. The highest BCUT2D eigenvalue weighted by molar-refractivity contribution is 7.20. The van der Waals surface area contributed by atoms with E-state index in [1.54, 1.807) is 6.92 Å². The third kappa shape index (κ3) is 4.04. The zero-order valence-corrected chi connectivity index (χ0v) is 18.9. The number of aromatic nitrogens is 2. The van der Waals surface area contributed by atoms with Crippen LogP contribution in [0, 0.1) is 13.8 Å². The summed E-state index contributed by atoms with van der Waals surface area (Å²) in [6.45, 7) is 7.51. The number of ether oxygens (including phenoxy) is 1. The standard InChI is InChI=1S/C21H24N4O3S2/c1-4-28-21(27)17-12(2)16-18(22-13(3)23-20(16)30-17)25-8-5-15(6-9-25)24-19(26)14-7-10-29-11-14/h7,10-11,15H,4-6,8-9H2,1-3H3,(H,24,26). The molecule has 1 aliphatic heterocycles. The first-order chi connectivity index (χ1) is 14.5. The molecule has 30 heavy (non-hydrogen) atoms. The molecule has 1 amide bonds. The number of fused-ring (bicyclic) bond motifs is 1. The topological polar surface area (TPSA) is 84.4 Å². The van der Waals surface area contributed by atoms with Crippen molar-refractivity contribution in [3.63, 3.8) is 0 Å². The molecule has 3 aromatic heterocycles. The predicted octanol–water partition coefficient (Wildman–Crippen LogP) is 3.95. The maximum absolute atomic E-state index is 12.3. The van der Waals surface area contributed by atoms with Gasteiger partial charge in [-0.2, -0.15) is 11.3 Å². The van der Waals surface area contributed by atoms with Gasteiger partial charge in [-0.1, -0.05) is 0 Å². The maximum Gasteiger partial charge on any atom is 0.348 e. The molecule has 3 aromatic rings. The smallest absolute Gasteiger partial charge is 0.348 e. The van der Waals surface area contributed by atoms with Crippen LogP contribution in [0.4, 0.5) is 5.82 Å². The van der Waals surface area contributed by atoms with Gasteiger partial charge in [-0.3, -0.25) is 4.79 Å². The van der Waals surface area contributed by atoms with Gasteiger partial charge in [-0.05, 0) is 50.6 Å². The highest BCUT2D eigenvalue weighted by Gasteiger charge is 2.27.